The van der Waals surface area contributed by atoms with Crippen LogP contribution in [0.1, 0.15) is 30.9 Å². The number of fused-ring (bicyclic) bond motifs is 1. The number of hydrogen-bond donors (Lipinski definition) is 2. The van der Waals surface area contributed by atoms with Gasteiger partial charge in [0.2, 0.25) is 0 Å². The zero-order valence-electron chi connectivity index (χ0n) is 9.94. The van der Waals surface area contributed by atoms with Gasteiger partial charge < -0.3 is 0 Å². The molecule has 0 aliphatic carbocycles. The van der Waals surface area contributed by atoms with Crippen LogP contribution in [0.15, 0.2) is 36.4 Å². The lowest BCUT2D eigenvalue weighted by atomic mass is 9.92. The van der Waals surface area contributed by atoms with Crippen LogP contribution in [0.2, 0.25) is 0 Å². The molecule has 2 rings (SSSR count). The molecule has 0 aliphatic heterocycles. The van der Waals surface area contributed by atoms with Crippen LogP contribution >= 0.6 is 0 Å². The molecule has 0 amide bonds. The maximum absolute atomic E-state index is 6.00. The van der Waals surface area contributed by atoms with Gasteiger partial charge in [0, 0.05) is 0 Å². The first-order valence-electron chi connectivity index (χ1n) is 5.38. The fourth-order valence-electron chi connectivity index (χ4n) is 2.17. The molecule has 2 nitrogen and oxygen atoms in total. The molecule has 2 heteroatoms. The van der Waals surface area contributed by atoms with Crippen molar-refractivity contribution in [3.05, 3.63) is 47.5 Å². The SMILES string of the molecule is Cc1ccc2ccccc2c1C(C)C.OO. The lowest BCUT2D eigenvalue weighted by Crippen LogP contribution is -1.93. The molecule has 0 atom stereocenters. The average molecular weight is 218 g/mol. The minimum atomic E-state index is 0.598. The fourth-order valence-corrected chi connectivity index (χ4v) is 2.17. The molecule has 0 heterocycles. The Morgan fingerprint density at radius 3 is 2.19 bits per heavy atom. The minimum Gasteiger partial charge on any atom is -0.255 e. The van der Waals surface area contributed by atoms with E-state index in [1.54, 1.807) is 0 Å². The summed E-state index contributed by atoms with van der Waals surface area (Å²) >= 11 is 0. The largest absolute Gasteiger partial charge is 0.255 e. The van der Waals surface area contributed by atoms with Crippen LogP contribution in [0.3, 0.4) is 0 Å². The maximum Gasteiger partial charge on any atom is -0.0147 e. The molecule has 0 aliphatic rings. The highest BCUT2D eigenvalue weighted by Crippen LogP contribution is 2.28. The summed E-state index contributed by atoms with van der Waals surface area (Å²) in [4.78, 5) is 0. The maximum atomic E-state index is 6.00. The number of hydrogen-bond acceptors (Lipinski definition) is 2. The first-order valence-corrected chi connectivity index (χ1v) is 5.38. The minimum absolute atomic E-state index is 0.598. The molecule has 0 fully saturated rings. The Morgan fingerprint density at radius 2 is 1.56 bits per heavy atom. The highest BCUT2D eigenvalue weighted by molar-refractivity contribution is 5.87. The Balaban J connectivity index is 0.000000606. The second-order valence-electron chi connectivity index (χ2n) is 4.17. The van der Waals surface area contributed by atoms with Crippen molar-refractivity contribution >= 4 is 10.8 Å². The lowest BCUT2D eigenvalue weighted by Gasteiger charge is -2.13. The summed E-state index contributed by atoms with van der Waals surface area (Å²) in [7, 11) is 0. The number of benzene rings is 2. The Hall–Kier alpha value is -1.38. The summed E-state index contributed by atoms with van der Waals surface area (Å²) in [5, 5.41) is 14.8. The van der Waals surface area contributed by atoms with Gasteiger partial charge in [0.25, 0.3) is 0 Å². The number of aryl methyl sites for hydroxylation is 1. The van der Waals surface area contributed by atoms with Crippen molar-refractivity contribution in [1.29, 1.82) is 0 Å². The van der Waals surface area contributed by atoms with Crippen molar-refractivity contribution in [2.75, 3.05) is 0 Å². The van der Waals surface area contributed by atoms with Gasteiger partial charge in [-0.1, -0.05) is 50.2 Å². The monoisotopic (exact) mass is 218 g/mol. The van der Waals surface area contributed by atoms with Crippen LogP contribution in [0.4, 0.5) is 0 Å². The summed E-state index contributed by atoms with van der Waals surface area (Å²) in [6, 6.07) is 13.0. The Kier molecular flexibility index (Phi) is 4.47. The van der Waals surface area contributed by atoms with Gasteiger partial charge in [-0.25, -0.2) is 0 Å². The Labute approximate surface area is 96.1 Å². The van der Waals surface area contributed by atoms with Gasteiger partial charge in [0.05, 0.1) is 0 Å². The third-order valence-electron chi connectivity index (χ3n) is 2.77. The molecule has 16 heavy (non-hydrogen) atoms. The molecular weight excluding hydrogens is 200 g/mol. The van der Waals surface area contributed by atoms with Crippen molar-refractivity contribution in [2.45, 2.75) is 26.7 Å². The van der Waals surface area contributed by atoms with E-state index in [0.29, 0.717) is 5.92 Å². The van der Waals surface area contributed by atoms with Crippen LogP contribution in [0.5, 0.6) is 0 Å². The molecule has 0 unspecified atom stereocenters. The van der Waals surface area contributed by atoms with E-state index >= 15 is 0 Å². The van der Waals surface area contributed by atoms with Crippen molar-refractivity contribution in [2.24, 2.45) is 0 Å². The molecule has 2 aromatic carbocycles. The summed E-state index contributed by atoms with van der Waals surface area (Å²) in [5.41, 5.74) is 2.89. The smallest absolute Gasteiger partial charge is 0.0147 e. The van der Waals surface area contributed by atoms with Gasteiger partial charge in [-0.3, -0.25) is 10.5 Å². The molecule has 0 saturated carbocycles. The van der Waals surface area contributed by atoms with Crippen molar-refractivity contribution in [3.63, 3.8) is 0 Å². The average Bonchev–Trinajstić information content (AvgIpc) is 2.31. The highest BCUT2D eigenvalue weighted by Gasteiger charge is 2.07. The van der Waals surface area contributed by atoms with E-state index in [1.165, 1.54) is 21.9 Å². The molecule has 2 N–H and O–H groups in total. The van der Waals surface area contributed by atoms with Crippen LogP contribution in [-0.2, 0) is 0 Å². The van der Waals surface area contributed by atoms with Crippen LogP contribution in [0.25, 0.3) is 10.8 Å². The quantitative estimate of drug-likeness (QED) is 0.553. The highest BCUT2D eigenvalue weighted by atomic mass is 17.0. The van der Waals surface area contributed by atoms with E-state index in [-0.39, 0.29) is 0 Å². The first-order chi connectivity index (χ1) is 7.70. The molecule has 0 radical (unpaired) electrons. The fraction of sp³-hybridized carbons (Fsp3) is 0.286. The van der Waals surface area contributed by atoms with E-state index in [1.807, 2.05) is 0 Å². The van der Waals surface area contributed by atoms with Gasteiger partial charge in [-0.15, -0.1) is 0 Å². The van der Waals surface area contributed by atoms with E-state index in [0.717, 1.165) is 0 Å². The van der Waals surface area contributed by atoms with Crippen molar-refractivity contribution in [1.82, 2.24) is 0 Å². The summed E-state index contributed by atoms with van der Waals surface area (Å²) in [6.45, 7) is 6.71. The van der Waals surface area contributed by atoms with Crippen LogP contribution in [0, 0.1) is 6.92 Å². The van der Waals surface area contributed by atoms with E-state index < -0.39 is 0 Å². The van der Waals surface area contributed by atoms with Crippen LogP contribution < -0.4 is 0 Å². The third kappa shape index (κ3) is 2.40. The first kappa shape index (κ1) is 12.7. The van der Waals surface area contributed by atoms with Gasteiger partial charge in [0.15, 0.2) is 0 Å². The van der Waals surface area contributed by atoms with E-state index in [2.05, 4.69) is 57.2 Å². The number of rotatable bonds is 1. The molecule has 2 aromatic rings. The summed E-state index contributed by atoms with van der Waals surface area (Å²) in [5.74, 6) is 0.598. The zero-order valence-corrected chi connectivity index (χ0v) is 9.94. The Bertz CT molecular complexity index is 461. The van der Waals surface area contributed by atoms with Gasteiger partial charge >= 0.3 is 0 Å². The van der Waals surface area contributed by atoms with Crippen molar-refractivity contribution in [3.8, 4) is 0 Å². The topological polar surface area (TPSA) is 40.5 Å². The summed E-state index contributed by atoms with van der Waals surface area (Å²) in [6.07, 6.45) is 0. The second-order valence-corrected chi connectivity index (χ2v) is 4.17. The molecule has 0 spiro atoms. The second kappa shape index (κ2) is 5.64. The lowest BCUT2D eigenvalue weighted by molar-refractivity contribution is -0.176. The van der Waals surface area contributed by atoms with Crippen molar-refractivity contribution < 1.29 is 10.5 Å². The third-order valence-corrected chi connectivity index (χ3v) is 2.77. The van der Waals surface area contributed by atoms with E-state index in [4.69, 9.17) is 10.5 Å². The van der Waals surface area contributed by atoms with Gasteiger partial charge in [0.1, 0.15) is 0 Å². The predicted octanol–water partition coefficient (Wildman–Crippen LogP) is 4.29. The molecule has 0 aromatic heterocycles. The zero-order chi connectivity index (χ0) is 12.1. The summed E-state index contributed by atoms with van der Waals surface area (Å²) < 4.78 is 0. The molecule has 86 valence electrons. The molecule has 0 saturated heterocycles. The standard InChI is InChI=1S/C14H16.H2O2/c1-10(2)14-11(3)8-9-12-6-4-5-7-13(12)14;1-2/h4-10H,1-3H3;1-2H. The van der Waals surface area contributed by atoms with Gasteiger partial charge in [-0.2, -0.15) is 0 Å². The Morgan fingerprint density at radius 1 is 0.938 bits per heavy atom. The van der Waals surface area contributed by atoms with Gasteiger partial charge in [-0.05, 0) is 34.7 Å². The molecule has 0 bridgehead atoms. The van der Waals surface area contributed by atoms with E-state index in [9.17, 15) is 0 Å². The predicted molar refractivity (Wildman–Crippen MR) is 68.0 cm³/mol. The van der Waals surface area contributed by atoms with Crippen LogP contribution in [-0.4, -0.2) is 10.5 Å². The normalized spacial score (nSPS) is 10.1. The molecular formula is C14H18O2.